The minimum Gasteiger partial charge on any atom is -0.494 e. The molecule has 20 heavy (non-hydrogen) atoms. The third kappa shape index (κ3) is 2.58. The summed E-state index contributed by atoms with van der Waals surface area (Å²) in [6, 6.07) is 13.5. The van der Waals surface area contributed by atoms with Crippen molar-refractivity contribution in [2.75, 3.05) is 11.9 Å². The van der Waals surface area contributed by atoms with Gasteiger partial charge in [-0.25, -0.2) is 0 Å². The van der Waals surface area contributed by atoms with Crippen molar-refractivity contribution in [1.82, 2.24) is 0 Å². The first kappa shape index (κ1) is 13.6. The highest BCUT2D eigenvalue weighted by Crippen LogP contribution is 2.27. The average molecular weight is 349 g/mol. The maximum Gasteiger partial charge on any atom is 0.196 e. The maximum atomic E-state index is 12.5. The van der Waals surface area contributed by atoms with Gasteiger partial charge in [-0.2, -0.15) is 0 Å². The van der Waals surface area contributed by atoms with Crippen molar-refractivity contribution in [1.29, 1.82) is 0 Å². The number of ether oxygens (including phenoxy) is 1. The molecular weight excluding hydrogens is 336 g/mol. The first-order valence-corrected chi connectivity index (χ1v) is 8.38. The van der Waals surface area contributed by atoms with E-state index in [1.54, 1.807) is 11.3 Å². The van der Waals surface area contributed by atoms with Crippen molar-refractivity contribution in [3.63, 3.8) is 0 Å². The van der Waals surface area contributed by atoms with E-state index in [-0.39, 0.29) is 5.43 Å². The Labute approximate surface area is 129 Å². The zero-order valence-corrected chi connectivity index (χ0v) is 13.2. The van der Waals surface area contributed by atoms with Crippen LogP contribution in [0, 0.1) is 0 Å². The van der Waals surface area contributed by atoms with E-state index in [1.807, 2.05) is 42.5 Å². The molecule has 102 valence electrons. The molecule has 3 rings (SSSR count). The van der Waals surface area contributed by atoms with Crippen molar-refractivity contribution >= 4 is 47.4 Å². The van der Waals surface area contributed by atoms with Gasteiger partial charge in [-0.05, 0) is 36.8 Å². The molecule has 0 amide bonds. The fourth-order valence-corrected chi connectivity index (χ4v) is 3.40. The van der Waals surface area contributed by atoms with E-state index in [2.05, 4.69) is 15.9 Å². The molecular formula is C16H13BrO2S. The number of hydrogen-bond donors (Lipinski definition) is 0. The fraction of sp³-hybridized carbons (Fsp3) is 0.188. The van der Waals surface area contributed by atoms with Gasteiger partial charge in [0.2, 0.25) is 0 Å². The highest BCUT2D eigenvalue weighted by Gasteiger charge is 2.06. The van der Waals surface area contributed by atoms with Crippen molar-refractivity contribution in [2.24, 2.45) is 0 Å². The lowest BCUT2D eigenvalue weighted by Gasteiger charge is -2.06. The van der Waals surface area contributed by atoms with E-state index in [0.29, 0.717) is 6.61 Å². The summed E-state index contributed by atoms with van der Waals surface area (Å²) in [6.45, 7) is 0.655. The van der Waals surface area contributed by atoms with Crippen LogP contribution in [-0.4, -0.2) is 11.9 Å². The Balaban J connectivity index is 2.11. The molecule has 0 unspecified atom stereocenters. The van der Waals surface area contributed by atoms with E-state index >= 15 is 0 Å². The summed E-state index contributed by atoms with van der Waals surface area (Å²) >= 11 is 5.01. The van der Waals surface area contributed by atoms with Crippen LogP contribution in [0.25, 0.3) is 20.2 Å². The lowest BCUT2D eigenvalue weighted by atomic mass is 10.2. The molecule has 0 atom stereocenters. The maximum absolute atomic E-state index is 12.5. The first-order valence-electron chi connectivity index (χ1n) is 6.44. The molecule has 0 aliphatic heterocycles. The van der Waals surface area contributed by atoms with Crippen LogP contribution in [0.1, 0.15) is 6.42 Å². The van der Waals surface area contributed by atoms with Gasteiger partial charge < -0.3 is 4.74 Å². The van der Waals surface area contributed by atoms with Crippen LogP contribution in [0.4, 0.5) is 0 Å². The van der Waals surface area contributed by atoms with Gasteiger partial charge in [0.1, 0.15) is 5.75 Å². The highest BCUT2D eigenvalue weighted by molar-refractivity contribution is 9.09. The van der Waals surface area contributed by atoms with Gasteiger partial charge >= 0.3 is 0 Å². The lowest BCUT2D eigenvalue weighted by Crippen LogP contribution is -2.02. The molecule has 1 heterocycles. The molecule has 0 bridgehead atoms. The third-order valence-electron chi connectivity index (χ3n) is 3.09. The molecule has 0 N–H and O–H groups in total. The van der Waals surface area contributed by atoms with Gasteiger partial charge in [-0.15, -0.1) is 11.3 Å². The summed E-state index contributed by atoms with van der Waals surface area (Å²) in [5.41, 5.74) is 0.0836. The Kier molecular flexibility index (Phi) is 4.03. The summed E-state index contributed by atoms with van der Waals surface area (Å²) in [4.78, 5) is 12.5. The molecule has 0 fully saturated rings. The largest absolute Gasteiger partial charge is 0.494 e. The van der Waals surface area contributed by atoms with E-state index < -0.39 is 0 Å². The zero-order valence-electron chi connectivity index (χ0n) is 10.8. The second-order valence-corrected chi connectivity index (χ2v) is 6.35. The number of halogens is 1. The van der Waals surface area contributed by atoms with Gasteiger partial charge in [0.05, 0.1) is 6.61 Å². The molecule has 2 aromatic carbocycles. The van der Waals surface area contributed by atoms with Crippen molar-refractivity contribution in [2.45, 2.75) is 6.42 Å². The van der Waals surface area contributed by atoms with Gasteiger partial charge in [0.25, 0.3) is 0 Å². The predicted octanol–water partition coefficient (Wildman–Crippen LogP) is 4.58. The van der Waals surface area contributed by atoms with Crippen LogP contribution >= 0.6 is 27.3 Å². The molecule has 0 saturated carbocycles. The van der Waals surface area contributed by atoms with Gasteiger partial charge in [-0.3, -0.25) is 4.79 Å². The average Bonchev–Trinajstić information content (AvgIpc) is 2.48. The van der Waals surface area contributed by atoms with E-state index in [0.717, 1.165) is 37.7 Å². The predicted molar refractivity (Wildman–Crippen MR) is 89.5 cm³/mol. The number of rotatable bonds is 4. The molecule has 0 aliphatic rings. The Morgan fingerprint density at radius 1 is 1.05 bits per heavy atom. The second kappa shape index (κ2) is 5.94. The molecule has 1 aromatic heterocycles. The lowest BCUT2D eigenvalue weighted by molar-refractivity contribution is 0.319. The zero-order chi connectivity index (χ0) is 13.9. The first-order chi connectivity index (χ1) is 9.79. The third-order valence-corrected chi connectivity index (χ3v) is 4.81. The molecule has 0 spiro atoms. The van der Waals surface area contributed by atoms with Gasteiger partial charge in [0, 0.05) is 25.5 Å². The minimum atomic E-state index is 0.0836. The molecule has 0 aliphatic carbocycles. The standard InChI is InChI=1S/C16H13BrO2S/c17-8-3-9-19-11-6-7-15-13(10-11)16(18)12-4-1-2-5-14(12)20-15/h1-2,4-7,10H,3,8-9H2. The summed E-state index contributed by atoms with van der Waals surface area (Å²) in [6.07, 6.45) is 0.947. The van der Waals surface area contributed by atoms with Crippen LogP contribution in [-0.2, 0) is 0 Å². The van der Waals surface area contributed by atoms with Crippen LogP contribution in [0.5, 0.6) is 5.75 Å². The van der Waals surface area contributed by atoms with Gasteiger partial charge in [-0.1, -0.05) is 28.1 Å². The number of fused-ring (bicyclic) bond motifs is 2. The SMILES string of the molecule is O=c1c2ccccc2sc2ccc(OCCCBr)cc12. The normalized spacial score (nSPS) is 11.1. The van der Waals surface area contributed by atoms with Crippen LogP contribution in [0.3, 0.4) is 0 Å². The van der Waals surface area contributed by atoms with E-state index in [4.69, 9.17) is 4.74 Å². The van der Waals surface area contributed by atoms with Crippen LogP contribution < -0.4 is 10.2 Å². The fourth-order valence-electron chi connectivity index (χ4n) is 2.12. The van der Waals surface area contributed by atoms with Crippen molar-refractivity contribution in [3.05, 3.63) is 52.7 Å². The van der Waals surface area contributed by atoms with Crippen LogP contribution in [0.2, 0.25) is 0 Å². The smallest absolute Gasteiger partial charge is 0.196 e. The monoisotopic (exact) mass is 348 g/mol. The molecule has 3 aromatic rings. The quantitative estimate of drug-likeness (QED) is 0.392. The number of hydrogen-bond acceptors (Lipinski definition) is 3. The Hall–Kier alpha value is -1.39. The summed E-state index contributed by atoms with van der Waals surface area (Å²) < 4.78 is 7.68. The van der Waals surface area contributed by atoms with E-state index in [1.165, 1.54) is 0 Å². The molecule has 0 saturated heterocycles. The Morgan fingerprint density at radius 3 is 2.70 bits per heavy atom. The number of benzene rings is 2. The van der Waals surface area contributed by atoms with Gasteiger partial charge in [0.15, 0.2) is 5.43 Å². The Morgan fingerprint density at radius 2 is 1.85 bits per heavy atom. The molecule has 0 radical (unpaired) electrons. The second-order valence-electron chi connectivity index (χ2n) is 4.48. The topological polar surface area (TPSA) is 26.3 Å². The summed E-state index contributed by atoms with van der Waals surface area (Å²) in [5, 5.41) is 2.44. The molecule has 2 nitrogen and oxygen atoms in total. The Bertz CT molecular complexity index is 810. The summed E-state index contributed by atoms with van der Waals surface area (Å²) in [5.74, 6) is 0.762. The van der Waals surface area contributed by atoms with Crippen LogP contribution in [0.15, 0.2) is 47.3 Å². The number of alkyl halides is 1. The molecule has 4 heteroatoms. The van der Waals surface area contributed by atoms with Crippen molar-refractivity contribution < 1.29 is 4.74 Å². The minimum absolute atomic E-state index is 0.0836. The highest BCUT2D eigenvalue weighted by atomic mass is 79.9. The van der Waals surface area contributed by atoms with E-state index in [9.17, 15) is 4.79 Å². The summed E-state index contributed by atoms with van der Waals surface area (Å²) in [7, 11) is 0. The van der Waals surface area contributed by atoms with Crippen molar-refractivity contribution in [3.8, 4) is 5.75 Å².